The van der Waals surface area contributed by atoms with Gasteiger partial charge >= 0.3 is 0 Å². The van der Waals surface area contributed by atoms with Crippen LogP contribution in [0.15, 0.2) is 0 Å². The second-order valence-electron chi connectivity index (χ2n) is 6.71. The third kappa shape index (κ3) is 2.29. The van der Waals surface area contributed by atoms with Crippen LogP contribution < -0.4 is 11.1 Å². The molecule has 0 saturated heterocycles. The average molecular weight is 250 g/mol. The maximum atomic E-state index is 12.2. The van der Waals surface area contributed by atoms with Crippen LogP contribution in [-0.2, 0) is 4.79 Å². The molecular weight excluding hydrogens is 224 g/mol. The molecule has 0 heterocycles. The molecule has 3 aliphatic carbocycles. The molecule has 2 bridgehead atoms. The lowest BCUT2D eigenvalue weighted by Gasteiger charge is -2.24. The fourth-order valence-corrected chi connectivity index (χ4v) is 4.65. The van der Waals surface area contributed by atoms with E-state index >= 15 is 0 Å². The number of rotatable bonds is 4. The summed E-state index contributed by atoms with van der Waals surface area (Å²) in [7, 11) is 0. The number of fused-ring (bicyclic) bond motifs is 2. The predicted molar refractivity (Wildman–Crippen MR) is 71.8 cm³/mol. The summed E-state index contributed by atoms with van der Waals surface area (Å²) >= 11 is 0. The van der Waals surface area contributed by atoms with Crippen molar-refractivity contribution < 1.29 is 4.79 Å². The van der Waals surface area contributed by atoms with E-state index < -0.39 is 0 Å². The molecule has 3 heteroatoms. The van der Waals surface area contributed by atoms with Crippen LogP contribution in [0.4, 0.5) is 0 Å². The summed E-state index contributed by atoms with van der Waals surface area (Å²) in [6.07, 6.45) is 8.99. The number of nitrogens with one attached hydrogen (secondary N) is 1. The van der Waals surface area contributed by atoms with Gasteiger partial charge in [0.1, 0.15) is 0 Å². The molecule has 0 aromatic carbocycles. The smallest absolute Gasteiger partial charge is 0.223 e. The van der Waals surface area contributed by atoms with Gasteiger partial charge in [0.15, 0.2) is 0 Å². The molecule has 0 spiro atoms. The molecule has 1 amide bonds. The van der Waals surface area contributed by atoms with Gasteiger partial charge in [-0.05, 0) is 62.3 Å². The number of hydrogen-bond acceptors (Lipinski definition) is 2. The SMILES string of the molecule is NCC1CCCC1C(=O)NCC1CC2CCC1C2. The quantitative estimate of drug-likeness (QED) is 0.801. The lowest BCUT2D eigenvalue weighted by Crippen LogP contribution is -2.38. The first-order valence-electron chi connectivity index (χ1n) is 7.75. The van der Waals surface area contributed by atoms with Crippen LogP contribution in [0, 0.1) is 29.6 Å². The number of amides is 1. The van der Waals surface area contributed by atoms with Crippen molar-refractivity contribution >= 4 is 5.91 Å². The van der Waals surface area contributed by atoms with Crippen LogP contribution in [0.3, 0.4) is 0 Å². The summed E-state index contributed by atoms with van der Waals surface area (Å²) in [5.74, 6) is 3.57. The van der Waals surface area contributed by atoms with E-state index in [1.54, 1.807) is 0 Å². The molecule has 102 valence electrons. The number of carbonyl (C=O) groups excluding carboxylic acids is 1. The topological polar surface area (TPSA) is 55.1 Å². The van der Waals surface area contributed by atoms with E-state index in [1.165, 1.54) is 32.1 Å². The van der Waals surface area contributed by atoms with Gasteiger partial charge in [0, 0.05) is 12.5 Å². The Bertz CT molecular complexity index is 318. The second-order valence-corrected chi connectivity index (χ2v) is 6.71. The van der Waals surface area contributed by atoms with Gasteiger partial charge in [0.05, 0.1) is 0 Å². The largest absolute Gasteiger partial charge is 0.356 e. The van der Waals surface area contributed by atoms with Crippen molar-refractivity contribution in [3.63, 3.8) is 0 Å². The van der Waals surface area contributed by atoms with Crippen molar-refractivity contribution in [2.24, 2.45) is 35.3 Å². The maximum absolute atomic E-state index is 12.2. The lowest BCUT2D eigenvalue weighted by atomic mass is 9.88. The Hall–Kier alpha value is -0.570. The van der Waals surface area contributed by atoms with Gasteiger partial charge in [0.2, 0.25) is 5.91 Å². The standard InChI is InChI=1S/C15H26N2O/c16-8-12-2-1-3-14(12)15(18)17-9-13-7-10-4-5-11(13)6-10/h10-14H,1-9,16H2,(H,17,18). The summed E-state index contributed by atoms with van der Waals surface area (Å²) in [5, 5.41) is 3.22. The monoisotopic (exact) mass is 250 g/mol. The number of carbonyl (C=O) groups is 1. The Labute approximate surface area is 110 Å². The van der Waals surface area contributed by atoms with Gasteiger partial charge in [-0.3, -0.25) is 4.79 Å². The predicted octanol–water partition coefficient (Wildman–Crippen LogP) is 1.91. The molecule has 5 atom stereocenters. The van der Waals surface area contributed by atoms with E-state index in [4.69, 9.17) is 5.73 Å². The van der Waals surface area contributed by atoms with Crippen molar-refractivity contribution in [1.29, 1.82) is 0 Å². The highest BCUT2D eigenvalue weighted by Gasteiger charge is 2.40. The zero-order valence-electron chi connectivity index (χ0n) is 11.2. The van der Waals surface area contributed by atoms with Crippen LogP contribution in [0.2, 0.25) is 0 Å². The third-order valence-electron chi connectivity index (χ3n) is 5.72. The zero-order chi connectivity index (χ0) is 12.5. The highest BCUT2D eigenvalue weighted by atomic mass is 16.1. The second kappa shape index (κ2) is 5.20. The minimum atomic E-state index is 0.202. The van der Waals surface area contributed by atoms with Gasteiger partial charge in [-0.15, -0.1) is 0 Å². The van der Waals surface area contributed by atoms with Crippen LogP contribution in [0.25, 0.3) is 0 Å². The fourth-order valence-electron chi connectivity index (χ4n) is 4.65. The fraction of sp³-hybridized carbons (Fsp3) is 0.933. The Balaban J connectivity index is 1.47. The summed E-state index contributed by atoms with van der Waals surface area (Å²) in [5.41, 5.74) is 5.75. The maximum Gasteiger partial charge on any atom is 0.223 e. The molecule has 3 N–H and O–H groups in total. The molecule has 3 saturated carbocycles. The van der Waals surface area contributed by atoms with E-state index in [-0.39, 0.29) is 11.8 Å². The Morgan fingerprint density at radius 3 is 2.67 bits per heavy atom. The minimum Gasteiger partial charge on any atom is -0.356 e. The zero-order valence-corrected chi connectivity index (χ0v) is 11.2. The van der Waals surface area contributed by atoms with Crippen LogP contribution >= 0.6 is 0 Å². The third-order valence-corrected chi connectivity index (χ3v) is 5.72. The van der Waals surface area contributed by atoms with Crippen molar-refractivity contribution in [1.82, 2.24) is 5.32 Å². The molecule has 5 unspecified atom stereocenters. The normalized spacial score (nSPS) is 42.4. The van der Waals surface area contributed by atoms with Crippen LogP contribution in [-0.4, -0.2) is 19.0 Å². The summed E-state index contributed by atoms with van der Waals surface area (Å²) < 4.78 is 0. The Kier molecular flexibility index (Phi) is 3.60. The van der Waals surface area contributed by atoms with E-state index in [0.29, 0.717) is 12.5 Å². The first-order chi connectivity index (χ1) is 8.78. The van der Waals surface area contributed by atoms with Crippen LogP contribution in [0.1, 0.15) is 44.9 Å². The molecule has 3 fully saturated rings. The molecule has 0 aromatic heterocycles. The first-order valence-corrected chi connectivity index (χ1v) is 7.75. The summed E-state index contributed by atoms with van der Waals surface area (Å²) in [6.45, 7) is 1.60. The Morgan fingerprint density at radius 2 is 2.00 bits per heavy atom. The molecule has 0 aromatic rings. The first kappa shape index (κ1) is 12.5. The molecule has 0 aliphatic heterocycles. The number of nitrogens with two attached hydrogens (primary N) is 1. The van der Waals surface area contributed by atoms with Crippen molar-refractivity contribution in [2.45, 2.75) is 44.9 Å². The van der Waals surface area contributed by atoms with Gasteiger partial charge in [-0.2, -0.15) is 0 Å². The van der Waals surface area contributed by atoms with Gasteiger partial charge in [0.25, 0.3) is 0 Å². The summed E-state index contributed by atoms with van der Waals surface area (Å²) in [6, 6.07) is 0. The van der Waals surface area contributed by atoms with E-state index in [9.17, 15) is 4.79 Å². The van der Waals surface area contributed by atoms with Gasteiger partial charge in [-0.25, -0.2) is 0 Å². The van der Waals surface area contributed by atoms with Crippen LogP contribution in [0.5, 0.6) is 0 Å². The van der Waals surface area contributed by atoms with Crippen molar-refractivity contribution in [2.75, 3.05) is 13.1 Å². The van der Waals surface area contributed by atoms with Crippen molar-refractivity contribution in [3.05, 3.63) is 0 Å². The molecular formula is C15H26N2O. The van der Waals surface area contributed by atoms with Crippen molar-refractivity contribution in [3.8, 4) is 0 Å². The molecule has 0 radical (unpaired) electrons. The average Bonchev–Trinajstić information content (AvgIpc) is 3.10. The van der Waals surface area contributed by atoms with E-state index in [0.717, 1.165) is 37.1 Å². The molecule has 3 rings (SSSR count). The molecule has 3 nitrogen and oxygen atoms in total. The van der Waals surface area contributed by atoms with E-state index in [2.05, 4.69) is 5.32 Å². The minimum absolute atomic E-state index is 0.202. The number of hydrogen-bond donors (Lipinski definition) is 2. The highest BCUT2D eigenvalue weighted by Crippen LogP contribution is 2.48. The summed E-state index contributed by atoms with van der Waals surface area (Å²) in [4.78, 5) is 12.2. The Morgan fingerprint density at radius 1 is 1.11 bits per heavy atom. The lowest BCUT2D eigenvalue weighted by molar-refractivity contribution is -0.126. The van der Waals surface area contributed by atoms with E-state index in [1.807, 2.05) is 0 Å². The highest BCUT2D eigenvalue weighted by molar-refractivity contribution is 5.79. The van der Waals surface area contributed by atoms with Gasteiger partial charge < -0.3 is 11.1 Å². The van der Waals surface area contributed by atoms with Gasteiger partial charge in [-0.1, -0.05) is 12.8 Å². The molecule has 3 aliphatic rings. The molecule has 18 heavy (non-hydrogen) atoms.